The van der Waals surface area contributed by atoms with Gasteiger partial charge in [-0.15, -0.1) is 0 Å². The highest BCUT2D eigenvalue weighted by Crippen LogP contribution is 2.14. The number of aliphatic carboxylic acids is 4. The Balaban J connectivity index is 3.85. The van der Waals surface area contributed by atoms with Crippen LogP contribution in [0.5, 0.6) is 0 Å². The Hall–Kier alpha value is -5.26. The molecule has 0 bridgehead atoms. The molecule has 0 aromatic carbocycles. The average Bonchev–Trinajstić information content (AvgIpc) is 3.28. The first-order valence-corrected chi connectivity index (χ1v) is 24.1. The zero-order valence-electron chi connectivity index (χ0n) is 40.4. The van der Waals surface area contributed by atoms with Crippen LogP contribution in [0.2, 0.25) is 0 Å². The number of nitrogens with one attached hydrogen (secondary N) is 5. The van der Waals surface area contributed by atoms with Crippen molar-refractivity contribution in [3.05, 3.63) is 0 Å². The molecule has 5 amide bonds. The molecule has 0 aliphatic carbocycles. The largest absolute Gasteiger partial charge is 0.481 e. The van der Waals surface area contributed by atoms with Gasteiger partial charge in [-0.05, 0) is 39.0 Å². The van der Waals surface area contributed by atoms with E-state index >= 15 is 0 Å². The van der Waals surface area contributed by atoms with Crippen molar-refractivity contribution in [1.82, 2.24) is 26.6 Å². The molecule has 0 saturated carbocycles. The minimum Gasteiger partial charge on any atom is -0.481 e. The highest BCUT2D eigenvalue weighted by atomic mass is 16.5. The van der Waals surface area contributed by atoms with E-state index in [0.717, 1.165) is 51.4 Å². The molecule has 69 heavy (non-hydrogen) atoms. The van der Waals surface area contributed by atoms with Gasteiger partial charge in [-0.1, -0.05) is 77.0 Å². The van der Waals surface area contributed by atoms with Gasteiger partial charge in [0.25, 0.3) is 0 Å². The quantitative estimate of drug-likeness (QED) is 0.0395. The molecule has 0 radical (unpaired) electrons. The van der Waals surface area contributed by atoms with Crippen LogP contribution in [0.1, 0.15) is 148 Å². The molecule has 0 saturated heterocycles. The molecule has 0 spiro atoms. The second kappa shape index (κ2) is 42.8. The molecular weight excluding hydrogens is 911 g/mol. The van der Waals surface area contributed by atoms with Crippen molar-refractivity contribution in [2.45, 2.75) is 166 Å². The first-order chi connectivity index (χ1) is 33.0. The van der Waals surface area contributed by atoms with E-state index in [2.05, 4.69) is 26.6 Å². The summed E-state index contributed by atoms with van der Waals surface area (Å²) in [4.78, 5) is 117. The maximum absolute atomic E-state index is 12.3. The van der Waals surface area contributed by atoms with Crippen molar-refractivity contribution in [3.63, 3.8) is 0 Å². The summed E-state index contributed by atoms with van der Waals surface area (Å²) in [5.41, 5.74) is 0. The number of amides is 5. The average molecular weight is 990 g/mol. The van der Waals surface area contributed by atoms with E-state index in [4.69, 9.17) is 24.1 Å². The maximum atomic E-state index is 12.3. The topological polar surface area (TPSA) is 349 Å². The molecule has 0 aromatic heterocycles. The van der Waals surface area contributed by atoms with Crippen molar-refractivity contribution in [2.75, 3.05) is 65.9 Å². The Bertz CT molecular complexity index is 1530. The van der Waals surface area contributed by atoms with E-state index in [0.29, 0.717) is 6.42 Å². The van der Waals surface area contributed by atoms with Crippen LogP contribution >= 0.6 is 0 Å². The van der Waals surface area contributed by atoms with Crippen LogP contribution in [0.4, 0.5) is 0 Å². The van der Waals surface area contributed by atoms with Crippen LogP contribution in [0, 0.1) is 0 Å². The minimum atomic E-state index is -1.44. The molecule has 0 heterocycles. The molecule has 23 heteroatoms. The highest BCUT2D eigenvalue weighted by molar-refractivity contribution is 5.87. The third-order valence-electron chi connectivity index (χ3n) is 10.4. The van der Waals surface area contributed by atoms with Gasteiger partial charge < -0.3 is 70.8 Å². The summed E-state index contributed by atoms with van der Waals surface area (Å²) in [6, 6.07) is -3.92. The Morgan fingerprint density at radius 1 is 0.362 bits per heavy atom. The van der Waals surface area contributed by atoms with Gasteiger partial charge in [-0.2, -0.15) is 0 Å². The van der Waals surface area contributed by atoms with E-state index < -0.39 is 72.8 Å². The van der Waals surface area contributed by atoms with Gasteiger partial charge in [0.1, 0.15) is 37.1 Å². The lowest BCUT2D eigenvalue weighted by molar-refractivity contribution is -0.144. The zero-order valence-corrected chi connectivity index (χ0v) is 40.4. The molecule has 9 N–H and O–H groups in total. The SMILES string of the molecule is CC(=O)CCC(NC(=O)CCC(NC(=O)COCCOCCNC(=O)COCCOCCNC(=O)CCC(NC(=O)CCCCCCCCCCCCCCCCC(=O)O)C(=O)O)C(=O)O)C(=O)O. The Kier molecular flexibility index (Phi) is 39.5. The zero-order chi connectivity index (χ0) is 51.5. The summed E-state index contributed by atoms with van der Waals surface area (Å²) in [5, 5.41) is 49.0. The lowest BCUT2D eigenvalue weighted by Crippen LogP contribution is -2.45. The Labute approximate surface area is 404 Å². The number of Topliss-reactive ketones (excluding diaryl/α,β-unsaturated/α-hetero) is 1. The fourth-order valence-electron chi connectivity index (χ4n) is 6.56. The lowest BCUT2D eigenvalue weighted by Gasteiger charge is -2.16. The first kappa shape index (κ1) is 63.7. The molecule has 23 nitrogen and oxygen atoms in total. The summed E-state index contributed by atoms with van der Waals surface area (Å²) >= 11 is 0. The summed E-state index contributed by atoms with van der Waals surface area (Å²) in [5.74, 6) is -7.60. The van der Waals surface area contributed by atoms with E-state index in [1.54, 1.807) is 0 Å². The molecule has 0 aliphatic heterocycles. The smallest absolute Gasteiger partial charge is 0.326 e. The number of ketones is 1. The number of hydrogen-bond acceptors (Lipinski definition) is 14. The van der Waals surface area contributed by atoms with Gasteiger partial charge in [0, 0.05) is 45.2 Å². The number of ether oxygens (including phenoxy) is 4. The fraction of sp³-hybridized carbons (Fsp3) is 0.783. The van der Waals surface area contributed by atoms with Crippen molar-refractivity contribution in [3.8, 4) is 0 Å². The lowest BCUT2D eigenvalue weighted by atomic mass is 10.0. The maximum Gasteiger partial charge on any atom is 0.326 e. The summed E-state index contributed by atoms with van der Waals surface area (Å²) in [6.45, 7) is 1.42. The van der Waals surface area contributed by atoms with E-state index in [1.165, 1.54) is 39.0 Å². The van der Waals surface area contributed by atoms with Gasteiger partial charge in [-0.25, -0.2) is 14.4 Å². The number of carboxylic acids is 4. The molecule has 3 atom stereocenters. The van der Waals surface area contributed by atoms with Crippen molar-refractivity contribution in [2.24, 2.45) is 0 Å². The van der Waals surface area contributed by atoms with Crippen molar-refractivity contribution in [1.29, 1.82) is 0 Å². The predicted octanol–water partition coefficient (Wildman–Crippen LogP) is 2.25. The van der Waals surface area contributed by atoms with Gasteiger partial charge >= 0.3 is 23.9 Å². The van der Waals surface area contributed by atoms with Crippen LogP contribution in [0.25, 0.3) is 0 Å². The number of hydrogen-bond donors (Lipinski definition) is 9. The van der Waals surface area contributed by atoms with E-state index in [1.807, 2.05) is 0 Å². The third kappa shape index (κ3) is 41.4. The Morgan fingerprint density at radius 3 is 1.12 bits per heavy atom. The van der Waals surface area contributed by atoms with E-state index in [9.17, 15) is 63.3 Å². The second-order valence-corrected chi connectivity index (χ2v) is 16.6. The van der Waals surface area contributed by atoms with Crippen molar-refractivity contribution >= 4 is 59.2 Å². The fourth-order valence-corrected chi connectivity index (χ4v) is 6.56. The van der Waals surface area contributed by atoms with Gasteiger partial charge in [-0.3, -0.25) is 28.8 Å². The molecule has 0 fully saturated rings. The third-order valence-corrected chi connectivity index (χ3v) is 10.4. The van der Waals surface area contributed by atoms with Crippen LogP contribution in [-0.4, -0.2) is 164 Å². The predicted molar refractivity (Wildman–Crippen MR) is 248 cm³/mol. The number of carbonyl (C=O) groups excluding carboxylic acids is 6. The first-order valence-electron chi connectivity index (χ1n) is 24.1. The Morgan fingerprint density at radius 2 is 0.696 bits per heavy atom. The van der Waals surface area contributed by atoms with Crippen LogP contribution in [0.15, 0.2) is 0 Å². The molecule has 0 rings (SSSR count). The summed E-state index contributed by atoms with van der Waals surface area (Å²) < 4.78 is 21.1. The highest BCUT2D eigenvalue weighted by Gasteiger charge is 2.25. The number of rotatable bonds is 48. The van der Waals surface area contributed by atoms with Crippen molar-refractivity contribution < 1.29 is 87.3 Å². The molecule has 0 aromatic rings. The molecule has 3 unspecified atom stereocenters. The number of unbranched alkanes of at least 4 members (excludes halogenated alkanes) is 13. The minimum absolute atomic E-state index is 0.0246. The van der Waals surface area contributed by atoms with Crippen LogP contribution in [-0.2, 0) is 66.9 Å². The monoisotopic (exact) mass is 990 g/mol. The van der Waals surface area contributed by atoms with Crippen LogP contribution < -0.4 is 26.6 Å². The molecule has 396 valence electrons. The molecule has 0 aliphatic rings. The summed E-state index contributed by atoms with van der Waals surface area (Å²) in [7, 11) is 0. The van der Waals surface area contributed by atoms with Gasteiger partial charge in [0.2, 0.25) is 29.5 Å². The number of carbonyl (C=O) groups is 10. The van der Waals surface area contributed by atoms with E-state index in [-0.39, 0.29) is 122 Å². The standard InChI is InChI=1S/C46H79N5O18/c1-34(52)18-19-35(44(60)61)50-40(55)23-21-37(46(64)65)51-42(57)33-69-31-29-67-27-25-48-41(56)32-68-30-28-66-26-24-47-38(53)22-20-36(45(62)63)49-39(54)16-14-12-10-8-6-4-2-3-5-7-9-11-13-15-17-43(58)59/h35-37H,2-33H2,1H3,(H,47,53)(H,48,56)(H,49,54)(H,50,55)(H,51,57)(H,58,59)(H,60,61)(H,62,63)(H,64,65). The van der Waals surface area contributed by atoms with Gasteiger partial charge in [0.05, 0.1) is 39.6 Å². The van der Waals surface area contributed by atoms with Crippen LogP contribution in [0.3, 0.4) is 0 Å². The summed E-state index contributed by atoms with van der Waals surface area (Å²) in [6.07, 6.45) is 14.3. The number of carboxylic acid groups (broad SMARTS) is 4. The molecular formula is C46H79N5O18. The van der Waals surface area contributed by atoms with Gasteiger partial charge in [0.15, 0.2) is 0 Å². The normalized spacial score (nSPS) is 12.2. The second-order valence-electron chi connectivity index (χ2n) is 16.6.